The van der Waals surface area contributed by atoms with Gasteiger partial charge in [-0.25, -0.2) is 0 Å². The van der Waals surface area contributed by atoms with Crippen LogP contribution >= 0.6 is 15.9 Å². The molecule has 0 unspecified atom stereocenters. The van der Waals surface area contributed by atoms with E-state index < -0.39 is 0 Å². The molecule has 196 valence electrons. The monoisotopic (exact) mass is 559 g/mol. The molecule has 0 radical (unpaired) electrons. The number of amides is 2. The highest BCUT2D eigenvalue weighted by Gasteiger charge is 2.36. The number of hydrogen-bond acceptors (Lipinski definition) is 5. The quantitative estimate of drug-likeness (QED) is 0.519. The summed E-state index contributed by atoms with van der Waals surface area (Å²) < 4.78 is 9.03. The zero-order valence-electron chi connectivity index (χ0n) is 21.8. The topological polar surface area (TPSA) is 70.9 Å². The third-order valence-electron chi connectivity index (χ3n) is 7.09. The predicted molar refractivity (Wildman–Crippen MR) is 143 cm³/mol. The van der Waals surface area contributed by atoms with Crippen LogP contribution in [-0.4, -0.2) is 88.7 Å². The molecule has 4 rings (SSSR count). The Balaban J connectivity index is 1.49. The predicted octanol–water partition coefficient (Wildman–Crippen LogP) is 3.45. The van der Waals surface area contributed by atoms with Crippen molar-refractivity contribution in [3.8, 4) is 5.75 Å². The highest BCUT2D eigenvalue weighted by molar-refractivity contribution is 9.10. The van der Waals surface area contributed by atoms with Crippen LogP contribution in [0, 0.1) is 11.8 Å². The van der Waals surface area contributed by atoms with E-state index in [-0.39, 0.29) is 23.8 Å². The third-order valence-corrected chi connectivity index (χ3v) is 7.59. The maximum atomic E-state index is 13.5. The van der Waals surface area contributed by atoms with Gasteiger partial charge in [0.25, 0.3) is 5.91 Å². The third kappa shape index (κ3) is 6.68. The molecular formula is C27H38BrN5O3. The number of halogens is 1. The van der Waals surface area contributed by atoms with E-state index >= 15 is 0 Å². The standard InChI is InChI=1S/C27H38BrN5O3/c1-19(2)14-22-17-24(31(4)29-22)27(35)33-9-8-25(36-23-7-5-6-21(28)16-23)20(18-33)15-26(34)32-12-10-30(3)11-13-32/h5-7,16-17,19-20,25H,8-15,18H2,1-4H3/t20-,25-/m0/s1. The number of likely N-dealkylation sites (N-methyl/N-ethyl adjacent to an activating group) is 1. The number of likely N-dealkylation sites (tertiary alicyclic amines) is 1. The zero-order chi connectivity index (χ0) is 25.8. The van der Waals surface area contributed by atoms with Gasteiger partial charge < -0.3 is 19.4 Å². The van der Waals surface area contributed by atoms with Crippen molar-refractivity contribution in [2.75, 3.05) is 46.3 Å². The second-order valence-electron chi connectivity index (χ2n) is 10.5. The number of benzene rings is 1. The summed E-state index contributed by atoms with van der Waals surface area (Å²) in [4.78, 5) is 32.8. The second-order valence-corrected chi connectivity index (χ2v) is 11.5. The van der Waals surface area contributed by atoms with Crippen molar-refractivity contribution >= 4 is 27.7 Å². The Morgan fingerprint density at radius 2 is 1.83 bits per heavy atom. The first-order chi connectivity index (χ1) is 17.2. The molecule has 2 aliphatic heterocycles. The van der Waals surface area contributed by atoms with Crippen LogP contribution in [0.5, 0.6) is 5.75 Å². The van der Waals surface area contributed by atoms with Gasteiger partial charge in [-0.05, 0) is 43.7 Å². The average Bonchev–Trinajstić information content (AvgIpc) is 3.19. The maximum Gasteiger partial charge on any atom is 0.272 e. The number of piperidine rings is 1. The van der Waals surface area contributed by atoms with Crippen molar-refractivity contribution in [1.82, 2.24) is 24.5 Å². The molecule has 1 aromatic carbocycles. The van der Waals surface area contributed by atoms with Crippen LogP contribution in [0.3, 0.4) is 0 Å². The van der Waals surface area contributed by atoms with Crippen molar-refractivity contribution < 1.29 is 14.3 Å². The molecule has 0 bridgehead atoms. The number of carbonyl (C=O) groups is 2. The van der Waals surface area contributed by atoms with Crippen molar-refractivity contribution in [3.05, 3.63) is 46.2 Å². The number of ether oxygens (including phenoxy) is 1. The Morgan fingerprint density at radius 3 is 2.53 bits per heavy atom. The van der Waals surface area contributed by atoms with Crippen LogP contribution in [0.4, 0.5) is 0 Å². The summed E-state index contributed by atoms with van der Waals surface area (Å²) >= 11 is 3.51. The Kier molecular flexibility index (Phi) is 8.72. The zero-order valence-corrected chi connectivity index (χ0v) is 23.4. The van der Waals surface area contributed by atoms with Crippen molar-refractivity contribution in [3.63, 3.8) is 0 Å². The number of aromatic nitrogens is 2. The summed E-state index contributed by atoms with van der Waals surface area (Å²) in [6.07, 6.45) is 1.75. The van der Waals surface area contributed by atoms with Gasteiger partial charge in [0.2, 0.25) is 5.91 Å². The first-order valence-corrected chi connectivity index (χ1v) is 13.7. The summed E-state index contributed by atoms with van der Waals surface area (Å²) in [5, 5.41) is 4.56. The summed E-state index contributed by atoms with van der Waals surface area (Å²) in [7, 11) is 3.91. The van der Waals surface area contributed by atoms with E-state index in [1.165, 1.54) is 0 Å². The molecule has 1 aromatic heterocycles. The molecule has 2 amide bonds. The van der Waals surface area contributed by atoms with Gasteiger partial charge in [-0.3, -0.25) is 14.3 Å². The van der Waals surface area contributed by atoms with Gasteiger partial charge in [0, 0.05) is 69.5 Å². The van der Waals surface area contributed by atoms with Crippen LogP contribution in [0.2, 0.25) is 0 Å². The van der Waals surface area contributed by atoms with Gasteiger partial charge in [-0.15, -0.1) is 0 Å². The van der Waals surface area contributed by atoms with Gasteiger partial charge >= 0.3 is 0 Å². The molecule has 0 N–H and O–H groups in total. The summed E-state index contributed by atoms with van der Waals surface area (Å²) in [5.41, 5.74) is 1.53. The van der Waals surface area contributed by atoms with Crippen molar-refractivity contribution in [1.29, 1.82) is 0 Å². The summed E-state index contributed by atoms with van der Waals surface area (Å²) in [5.74, 6) is 1.27. The lowest BCUT2D eigenvalue weighted by Crippen LogP contribution is -2.51. The van der Waals surface area contributed by atoms with Crippen LogP contribution in [-0.2, 0) is 18.3 Å². The molecule has 0 spiro atoms. The lowest BCUT2D eigenvalue weighted by molar-refractivity contribution is -0.135. The lowest BCUT2D eigenvalue weighted by Gasteiger charge is -2.40. The minimum absolute atomic E-state index is 0.0297. The minimum atomic E-state index is -0.136. The molecular weight excluding hydrogens is 522 g/mol. The van der Waals surface area contributed by atoms with E-state index in [0.29, 0.717) is 37.5 Å². The molecule has 2 aromatic rings. The molecule has 2 saturated heterocycles. The Hall–Kier alpha value is -2.39. The van der Waals surface area contributed by atoms with Crippen LogP contribution in [0.1, 0.15) is 42.9 Å². The SMILES string of the molecule is CC(C)Cc1cc(C(=O)N2CC[C@H](Oc3cccc(Br)c3)[C@@H](CC(=O)N3CCN(C)CC3)C2)n(C)n1. The van der Waals surface area contributed by atoms with E-state index in [9.17, 15) is 9.59 Å². The highest BCUT2D eigenvalue weighted by Crippen LogP contribution is 2.29. The second kappa shape index (κ2) is 11.8. The van der Waals surface area contributed by atoms with Crippen molar-refractivity contribution in [2.24, 2.45) is 18.9 Å². The molecule has 0 aliphatic carbocycles. The number of carbonyl (C=O) groups excluding carboxylic acids is 2. The van der Waals surface area contributed by atoms with Gasteiger partial charge in [-0.2, -0.15) is 5.10 Å². The molecule has 8 nitrogen and oxygen atoms in total. The van der Waals surface area contributed by atoms with E-state index in [4.69, 9.17) is 4.74 Å². The number of rotatable bonds is 7. The lowest BCUT2D eigenvalue weighted by atomic mass is 9.90. The fourth-order valence-corrected chi connectivity index (χ4v) is 5.46. The van der Waals surface area contributed by atoms with E-state index in [1.54, 1.807) is 4.68 Å². The number of aryl methyl sites for hydroxylation is 1. The highest BCUT2D eigenvalue weighted by atomic mass is 79.9. The average molecular weight is 561 g/mol. The van der Waals surface area contributed by atoms with Gasteiger partial charge in [0.1, 0.15) is 17.5 Å². The Labute approximate surface area is 222 Å². The Morgan fingerprint density at radius 1 is 1.08 bits per heavy atom. The normalized spacial score (nSPS) is 21.2. The van der Waals surface area contributed by atoms with Gasteiger partial charge in [0.15, 0.2) is 0 Å². The van der Waals surface area contributed by atoms with Crippen LogP contribution in [0.15, 0.2) is 34.8 Å². The molecule has 2 aliphatic rings. The number of nitrogens with zero attached hydrogens (tertiary/aromatic N) is 5. The molecule has 9 heteroatoms. The summed E-state index contributed by atoms with van der Waals surface area (Å²) in [6.45, 7) is 8.63. The van der Waals surface area contributed by atoms with Crippen molar-refractivity contribution in [2.45, 2.75) is 39.2 Å². The Bertz CT molecular complexity index is 1060. The molecule has 36 heavy (non-hydrogen) atoms. The smallest absolute Gasteiger partial charge is 0.272 e. The molecule has 2 fully saturated rings. The first-order valence-electron chi connectivity index (χ1n) is 12.9. The van der Waals surface area contributed by atoms with E-state index in [1.807, 2.05) is 47.2 Å². The minimum Gasteiger partial charge on any atom is -0.490 e. The number of piperazine rings is 1. The molecule has 0 saturated carbocycles. The molecule has 3 heterocycles. The fourth-order valence-electron chi connectivity index (χ4n) is 5.08. The maximum absolute atomic E-state index is 13.5. The van der Waals surface area contributed by atoms with Crippen LogP contribution in [0.25, 0.3) is 0 Å². The van der Waals surface area contributed by atoms with Gasteiger partial charge in [0.05, 0.1) is 5.69 Å². The van der Waals surface area contributed by atoms with Gasteiger partial charge in [-0.1, -0.05) is 35.8 Å². The fraction of sp³-hybridized carbons (Fsp3) is 0.593. The van der Waals surface area contributed by atoms with E-state index in [2.05, 4.69) is 46.8 Å². The van der Waals surface area contributed by atoms with E-state index in [0.717, 1.165) is 48.5 Å². The largest absolute Gasteiger partial charge is 0.490 e. The summed E-state index contributed by atoms with van der Waals surface area (Å²) in [6, 6.07) is 9.71. The first kappa shape index (κ1) is 26.7. The number of hydrogen-bond donors (Lipinski definition) is 0. The van der Waals surface area contributed by atoms with Crippen LogP contribution < -0.4 is 4.74 Å². The molecule has 2 atom stereocenters.